The molecule has 217 valence electrons. The minimum atomic E-state index is 0. The van der Waals surface area contributed by atoms with Crippen molar-refractivity contribution in [1.82, 2.24) is 9.13 Å². The summed E-state index contributed by atoms with van der Waals surface area (Å²) in [5, 5.41) is 2.68. The molecule has 0 amide bonds. The van der Waals surface area contributed by atoms with Crippen molar-refractivity contribution < 1.29 is 4.28 Å². The van der Waals surface area contributed by atoms with Gasteiger partial charge < -0.3 is 9.13 Å². The Kier molecular flexibility index (Phi) is 18.6. The van der Waals surface area contributed by atoms with Crippen LogP contribution in [0.5, 0.6) is 0 Å². The number of aromatic nitrogens is 2. The number of para-hydroxylation sites is 2. The highest BCUT2D eigenvalue weighted by atomic mass is 15.0. The van der Waals surface area contributed by atoms with E-state index in [-0.39, 0.29) is 20.1 Å². The van der Waals surface area contributed by atoms with Crippen LogP contribution in [0.2, 0.25) is 0 Å². The van der Waals surface area contributed by atoms with Crippen molar-refractivity contribution in [3.63, 3.8) is 0 Å². The molecule has 2 nitrogen and oxygen atoms in total. The van der Waals surface area contributed by atoms with E-state index in [2.05, 4.69) is 139 Å². The Bertz CT molecular complexity index is 1080. The number of benzene rings is 2. The molecule has 4 rings (SSSR count). The Balaban J connectivity index is -0.000000149. The number of hydrogen-bond donors (Lipinski definition) is 0. The van der Waals surface area contributed by atoms with E-state index in [0.717, 1.165) is 11.8 Å². The summed E-state index contributed by atoms with van der Waals surface area (Å²) < 4.78 is 4.56. The first-order valence-electron chi connectivity index (χ1n) is 14.1. The summed E-state index contributed by atoms with van der Waals surface area (Å²) in [6.07, 6.45) is 2.72. The van der Waals surface area contributed by atoms with Crippen LogP contribution in [0.25, 0.3) is 21.8 Å². The van der Waals surface area contributed by atoms with E-state index in [9.17, 15) is 0 Å². The lowest BCUT2D eigenvalue weighted by Crippen LogP contribution is -1.97. The lowest BCUT2D eigenvalue weighted by molar-refractivity contribution is 0.429. The van der Waals surface area contributed by atoms with Crippen molar-refractivity contribution in [3.05, 3.63) is 72.1 Å². The molecule has 0 saturated heterocycles. The molecular weight excluding hydrogens is 459 g/mol. The van der Waals surface area contributed by atoms with Crippen LogP contribution in [-0.4, -0.2) is 17.5 Å². The lowest BCUT2D eigenvalue weighted by atomic mass is 9.97. The molecule has 1 atom stereocenters. The summed E-state index contributed by atoms with van der Waals surface area (Å²) in [6.45, 7) is 22.1. The van der Waals surface area contributed by atoms with Gasteiger partial charge in [0.25, 0.3) is 0 Å². The first-order valence-corrected chi connectivity index (χ1v) is 14.1. The fourth-order valence-electron chi connectivity index (χ4n) is 4.70. The molecule has 0 bridgehead atoms. The Morgan fingerprint density at radius 2 is 1.00 bits per heavy atom. The maximum absolute atomic E-state index is 2.32. The molecule has 4 aromatic rings. The first-order chi connectivity index (χ1) is 17.1. The van der Waals surface area contributed by atoms with Crippen molar-refractivity contribution in [2.24, 2.45) is 25.9 Å². The van der Waals surface area contributed by atoms with Crippen LogP contribution in [0.4, 0.5) is 0 Å². The lowest BCUT2D eigenvalue weighted by Gasteiger charge is -2.09. The van der Waals surface area contributed by atoms with Gasteiger partial charge in [0.2, 0.25) is 0 Å². The summed E-state index contributed by atoms with van der Waals surface area (Å²) in [4.78, 5) is 0. The van der Waals surface area contributed by atoms with E-state index >= 15 is 0 Å². The maximum Gasteiger partial charge on any atom is 0.0479 e. The topological polar surface area (TPSA) is 9.86 Å². The van der Waals surface area contributed by atoms with Crippen LogP contribution in [-0.2, 0) is 14.1 Å². The molecule has 0 fully saturated rings. The van der Waals surface area contributed by atoms with Crippen LogP contribution in [0.3, 0.4) is 0 Å². The molecule has 38 heavy (non-hydrogen) atoms. The summed E-state index contributed by atoms with van der Waals surface area (Å²) in [5.74, 6) is 3.00. The SMILES string of the molecule is C.CC.CC(C)c1cc2ccccc2n1C.CC(C)c1cc2ccccc2n1C.CCC(C)CC(C)C.[2HH].[2HH].[2HH].[B]. The second-order valence-electron chi connectivity index (χ2n) is 10.8. The molecule has 0 aliphatic rings. The number of nitrogens with zero attached hydrogens (tertiary/aromatic N) is 2. The molecule has 3 radical (unpaired) electrons. The zero-order valence-electron chi connectivity index (χ0n) is 26.0. The molecule has 0 aliphatic carbocycles. The second-order valence-corrected chi connectivity index (χ2v) is 10.8. The summed E-state index contributed by atoms with van der Waals surface area (Å²) in [7, 11) is 4.27. The Labute approximate surface area is 242 Å². The molecule has 2 aromatic carbocycles. The molecule has 0 N–H and O–H groups in total. The van der Waals surface area contributed by atoms with Gasteiger partial charge in [-0.15, -0.1) is 0 Å². The molecule has 1 unspecified atom stereocenters. The van der Waals surface area contributed by atoms with Crippen LogP contribution < -0.4 is 0 Å². The van der Waals surface area contributed by atoms with Crippen molar-refractivity contribution >= 4 is 30.2 Å². The largest absolute Gasteiger partial charge is 0.347 e. The number of aryl methyl sites for hydroxylation is 2. The van der Waals surface area contributed by atoms with Gasteiger partial charge in [0.15, 0.2) is 0 Å². The predicted octanol–water partition coefficient (Wildman–Crippen LogP) is 11.7. The van der Waals surface area contributed by atoms with Crippen molar-refractivity contribution in [2.45, 2.75) is 101 Å². The molecule has 2 aromatic heterocycles. The smallest absolute Gasteiger partial charge is 0.0479 e. The third-order valence-electron chi connectivity index (χ3n) is 6.73. The van der Waals surface area contributed by atoms with Crippen LogP contribution >= 0.6 is 0 Å². The Hall–Kier alpha value is -2.42. The minimum Gasteiger partial charge on any atom is -0.347 e. The van der Waals surface area contributed by atoms with Gasteiger partial charge in [-0.2, -0.15) is 0 Å². The van der Waals surface area contributed by atoms with Gasteiger partial charge in [0.05, 0.1) is 0 Å². The highest BCUT2D eigenvalue weighted by Gasteiger charge is 2.08. The van der Waals surface area contributed by atoms with Crippen molar-refractivity contribution in [2.75, 3.05) is 0 Å². The summed E-state index contributed by atoms with van der Waals surface area (Å²) in [6, 6.07) is 21.6. The molecule has 2 heterocycles. The fraction of sp³-hybridized carbons (Fsp3) is 0.543. The van der Waals surface area contributed by atoms with E-state index in [1.165, 1.54) is 46.0 Å². The average Bonchev–Trinajstić information content (AvgIpc) is 3.38. The zero-order chi connectivity index (χ0) is 27.4. The standard InChI is InChI=1S/2C12H15N.C8H18.C2H6.CH4.B.3H2/c2*1-9(2)12-8-10-6-4-5-7-11(10)13(12)3;1-5-8(4)6-7(2)3;1-2;;;;;/h2*4-9H,1-3H3;7-8H,5-6H2,1-4H3;1-2H3;1H4;;3*1H/i;;;;;;3*1+1. The zero-order valence-corrected chi connectivity index (χ0v) is 26.0. The molecule has 0 saturated carbocycles. The molecule has 0 aliphatic heterocycles. The Morgan fingerprint density at radius 1 is 0.658 bits per heavy atom. The van der Waals surface area contributed by atoms with E-state index < -0.39 is 0 Å². The van der Waals surface area contributed by atoms with Crippen molar-refractivity contribution in [1.29, 1.82) is 0 Å². The van der Waals surface area contributed by atoms with E-state index in [1.54, 1.807) is 0 Å². The molecule has 3 heteroatoms. The average molecular weight is 527 g/mol. The third kappa shape index (κ3) is 10.8. The minimum absolute atomic E-state index is 0. The quantitative estimate of drug-likeness (QED) is 0.229. The van der Waals surface area contributed by atoms with Crippen LogP contribution in [0, 0.1) is 11.8 Å². The van der Waals surface area contributed by atoms with E-state index in [4.69, 9.17) is 0 Å². The maximum atomic E-state index is 2.32. The van der Waals surface area contributed by atoms with Gasteiger partial charge in [-0.1, -0.05) is 119 Å². The second kappa shape index (κ2) is 18.8. The summed E-state index contributed by atoms with van der Waals surface area (Å²) >= 11 is 0. The van der Waals surface area contributed by atoms with Gasteiger partial charge in [0, 0.05) is 49.2 Å². The highest BCUT2D eigenvalue weighted by molar-refractivity contribution is 5.82. The monoisotopic (exact) mass is 527 g/mol. The van der Waals surface area contributed by atoms with E-state index in [1.807, 2.05) is 13.8 Å². The van der Waals surface area contributed by atoms with Gasteiger partial charge in [-0.25, -0.2) is 0 Å². The van der Waals surface area contributed by atoms with Gasteiger partial charge >= 0.3 is 0 Å². The fourth-order valence-corrected chi connectivity index (χ4v) is 4.70. The van der Waals surface area contributed by atoms with Crippen LogP contribution in [0.1, 0.15) is 117 Å². The summed E-state index contributed by atoms with van der Waals surface area (Å²) in [5.41, 5.74) is 5.46. The number of rotatable bonds is 5. The van der Waals surface area contributed by atoms with E-state index in [0.29, 0.717) is 11.8 Å². The number of fused-ring (bicyclic) bond motifs is 2. The Morgan fingerprint density at radius 3 is 1.24 bits per heavy atom. The number of hydrogen-bond acceptors (Lipinski definition) is 0. The van der Waals surface area contributed by atoms with Gasteiger partial charge in [0.1, 0.15) is 0 Å². The first kappa shape index (κ1) is 37.7. The third-order valence-corrected chi connectivity index (χ3v) is 6.73. The van der Waals surface area contributed by atoms with Crippen molar-refractivity contribution in [3.8, 4) is 0 Å². The highest BCUT2D eigenvalue weighted by Crippen LogP contribution is 2.24. The van der Waals surface area contributed by atoms with Gasteiger partial charge in [-0.3, -0.25) is 0 Å². The molecule has 0 spiro atoms. The molecular formula is C35H64BN2. The predicted molar refractivity (Wildman–Crippen MR) is 183 cm³/mol. The van der Waals surface area contributed by atoms with Crippen LogP contribution in [0.15, 0.2) is 60.7 Å². The van der Waals surface area contributed by atoms with Gasteiger partial charge in [-0.05, 0) is 65.1 Å². The normalized spacial score (nSPS) is 11.0.